The van der Waals surface area contributed by atoms with Crippen molar-refractivity contribution < 1.29 is 9.53 Å². The molecular weight excluding hydrogens is 276 g/mol. The predicted octanol–water partition coefficient (Wildman–Crippen LogP) is 0.238. The van der Waals surface area contributed by atoms with E-state index in [2.05, 4.69) is 9.72 Å². The summed E-state index contributed by atoms with van der Waals surface area (Å²) in [6, 6.07) is 9.17. The first-order valence-corrected chi connectivity index (χ1v) is 6.56. The summed E-state index contributed by atoms with van der Waals surface area (Å²) >= 11 is 1.11. The maximum absolute atomic E-state index is 11.6. The minimum atomic E-state index is -0.581. The maximum Gasteiger partial charge on any atom is 0.332 e. The molecule has 0 bridgehead atoms. The number of methoxy groups -OCH3 is 1. The fraction of sp³-hybridized carbons (Fsp3) is 0.0714. The lowest BCUT2D eigenvalue weighted by molar-refractivity contribution is -0.133. The van der Waals surface area contributed by atoms with Crippen LogP contribution in [0.3, 0.4) is 0 Å². The normalized spacial score (nSPS) is 12.4. The smallest absolute Gasteiger partial charge is 0.332 e. The number of carbonyl (C=O) groups is 1. The van der Waals surface area contributed by atoms with Crippen molar-refractivity contribution >= 4 is 35.2 Å². The Morgan fingerprint density at radius 2 is 2.00 bits per heavy atom. The molecule has 0 atom stereocenters. The zero-order chi connectivity index (χ0) is 14.5. The summed E-state index contributed by atoms with van der Waals surface area (Å²) in [7, 11) is 1.25. The maximum atomic E-state index is 11.6. The number of ether oxygens (including phenoxy) is 1. The molecule has 5 nitrogen and oxygen atoms in total. The summed E-state index contributed by atoms with van der Waals surface area (Å²) in [4.78, 5) is 25.3. The molecule has 0 radical (unpaired) electrons. The zero-order valence-electron chi connectivity index (χ0n) is 10.7. The van der Waals surface area contributed by atoms with E-state index in [0.717, 1.165) is 23.0 Å². The summed E-state index contributed by atoms with van der Waals surface area (Å²) in [5, 5.41) is 7.95. The number of H-pyrrole nitrogens is 1. The fourth-order valence-corrected chi connectivity index (χ4v) is 2.38. The van der Waals surface area contributed by atoms with E-state index in [-0.39, 0.29) is 15.8 Å². The van der Waals surface area contributed by atoms with Crippen LogP contribution in [-0.2, 0) is 9.53 Å². The van der Waals surface area contributed by atoms with E-state index < -0.39 is 5.97 Å². The predicted molar refractivity (Wildman–Crippen MR) is 78.4 cm³/mol. The highest BCUT2D eigenvalue weighted by atomic mass is 32.1. The van der Waals surface area contributed by atoms with Gasteiger partial charge in [-0.3, -0.25) is 4.79 Å². The lowest BCUT2D eigenvalue weighted by atomic mass is 10.1. The Labute approximate surface area is 118 Å². The molecule has 20 heavy (non-hydrogen) atoms. The molecule has 0 aliphatic heterocycles. The van der Waals surface area contributed by atoms with Crippen molar-refractivity contribution in [2.75, 3.05) is 7.11 Å². The molecule has 2 N–H and O–H groups in total. The lowest BCUT2D eigenvalue weighted by Gasteiger charge is -1.95. The van der Waals surface area contributed by atoms with Crippen molar-refractivity contribution in [3.63, 3.8) is 0 Å². The third kappa shape index (κ3) is 3.30. The number of rotatable bonds is 3. The SMILES string of the molecule is COC(=O)/C=c1\s/c(=C/C(=N)c2ccccc2)[nH]c1=O. The van der Waals surface area contributed by atoms with Crippen LogP contribution in [0.15, 0.2) is 35.1 Å². The number of aromatic nitrogens is 1. The van der Waals surface area contributed by atoms with Crippen molar-refractivity contribution in [1.29, 1.82) is 5.41 Å². The first-order chi connectivity index (χ1) is 9.60. The minimum absolute atomic E-state index is 0.254. The Kier molecular flexibility index (Phi) is 4.27. The molecule has 102 valence electrons. The molecule has 0 aliphatic rings. The van der Waals surface area contributed by atoms with E-state index in [1.807, 2.05) is 30.3 Å². The minimum Gasteiger partial charge on any atom is -0.466 e. The Morgan fingerprint density at radius 1 is 1.30 bits per heavy atom. The zero-order valence-corrected chi connectivity index (χ0v) is 11.5. The Hall–Kier alpha value is -2.47. The molecule has 1 heterocycles. The summed E-state index contributed by atoms with van der Waals surface area (Å²) < 4.78 is 5.24. The number of nitrogens with one attached hydrogen (secondary N) is 2. The van der Waals surface area contributed by atoms with Gasteiger partial charge in [0.15, 0.2) is 0 Å². The second kappa shape index (κ2) is 6.12. The van der Waals surface area contributed by atoms with Gasteiger partial charge in [0, 0.05) is 6.08 Å². The first-order valence-electron chi connectivity index (χ1n) is 5.74. The molecule has 6 heteroatoms. The van der Waals surface area contributed by atoms with Gasteiger partial charge in [-0.2, -0.15) is 0 Å². The average Bonchev–Trinajstić information content (AvgIpc) is 2.79. The van der Waals surface area contributed by atoms with E-state index in [4.69, 9.17) is 5.41 Å². The average molecular weight is 288 g/mol. The van der Waals surface area contributed by atoms with Crippen LogP contribution in [0.5, 0.6) is 0 Å². The van der Waals surface area contributed by atoms with Gasteiger partial charge in [-0.25, -0.2) is 4.79 Å². The molecule has 1 aromatic heterocycles. The van der Waals surface area contributed by atoms with Crippen LogP contribution in [0.4, 0.5) is 0 Å². The standard InChI is InChI=1S/C14H12N2O3S/c1-19-13(17)8-11-14(18)16-12(20-11)7-10(15)9-5-3-2-4-6-9/h2-8,15H,1H3,(H,16,18)/b11-8-,12-7+,15-10?. The summed E-state index contributed by atoms with van der Waals surface area (Å²) in [6.07, 6.45) is 2.68. The van der Waals surface area contributed by atoms with Crippen LogP contribution < -0.4 is 14.8 Å². The van der Waals surface area contributed by atoms with Crippen LogP contribution in [-0.4, -0.2) is 23.8 Å². The summed E-state index contributed by atoms with van der Waals surface area (Å²) in [5.41, 5.74) is 0.667. The van der Waals surface area contributed by atoms with Crippen molar-refractivity contribution in [2.45, 2.75) is 0 Å². The number of thiazole rings is 1. The van der Waals surface area contributed by atoms with Crippen molar-refractivity contribution in [3.05, 3.63) is 55.4 Å². The van der Waals surface area contributed by atoms with Crippen molar-refractivity contribution in [3.8, 4) is 0 Å². The number of hydrogen-bond acceptors (Lipinski definition) is 5. The monoisotopic (exact) mass is 288 g/mol. The molecule has 0 aliphatic carbocycles. The number of benzene rings is 1. The van der Waals surface area contributed by atoms with E-state index in [1.165, 1.54) is 7.11 Å². The van der Waals surface area contributed by atoms with E-state index in [1.54, 1.807) is 6.08 Å². The quantitative estimate of drug-likeness (QED) is 0.627. The third-order valence-corrected chi connectivity index (χ3v) is 3.45. The molecule has 0 saturated heterocycles. The van der Waals surface area contributed by atoms with Gasteiger partial charge in [-0.15, -0.1) is 11.3 Å². The summed E-state index contributed by atoms with van der Waals surface area (Å²) in [5.74, 6) is -0.581. The molecule has 2 aromatic rings. The van der Waals surface area contributed by atoms with Gasteiger partial charge in [-0.05, 0) is 11.6 Å². The fourth-order valence-electron chi connectivity index (χ4n) is 1.52. The van der Waals surface area contributed by atoms with E-state index in [9.17, 15) is 9.59 Å². The van der Waals surface area contributed by atoms with Gasteiger partial charge < -0.3 is 15.1 Å². The second-order valence-corrected chi connectivity index (χ2v) is 4.96. The number of esters is 1. The van der Waals surface area contributed by atoms with Gasteiger partial charge in [0.05, 0.1) is 17.5 Å². The molecule has 1 aromatic carbocycles. The van der Waals surface area contributed by atoms with Crippen LogP contribution in [0, 0.1) is 5.41 Å². The lowest BCUT2D eigenvalue weighted by Crippen LogP contribution is -2.21. The van der Waals surface area contributed by atoms with Crippen molar-refractivity contribution in [1.82, 2.24) is 4.98 Å². The molecule has 0 unspecified atom stereocenters. The van der Waals surface area contributed by atoms with Gasteiger partial charge in [0.1, 0.15) is 4.53 Å². The Morgan fingerprint density at radius 3 is 2.65 bits per heavy atom. The van der Waals surface area contributed by atoms with Crippen LogP contribution >= 0.6 is 11.3 Å². The van der Waals surface area contributed by atoms with Gasteiger partial charge >= 0.3 is 5.97 Å². The third-order valence-electron chi connectivity index (χ3n) is 2.49. The highest BCUT2D eigenvalue weighted by molar-refractivity contribution is 7.07. The van der Waals surface area contributed by atoms with Gasteiger partial charge in [-0.1, -0.05) is 30.3 Å². The van der Waals surface area contributed by atoms with Crippen LogP contribution in [0.2, 0.25) is 0 Å². The van der Waals surface area contributed by atoms with E-state index in [0.29, 0.717) is 4.66 Å². The highest BCUT2D eigenvalue weighted by Gasteiger charge is 2.00. The first kappa shape index (κ1) is 14.0. The van der Waals surface area contributed by atoms with E-state index >= 15 is 0 Å². The molecule has 0 amide bonds. The Balaban J connectivity index is 2.40. The topological polar surface area (TPSA) is 83.0 Å². The highest BCUT2D eigenvalue weighted by Crippen LogP contribution is 2.00. The van der Waals surface area contributed by atoms with Crippen LogP contribution in [0.25, 0.3) is 12.2 Å². The number of carbonyl (C=O) groups excluding carboxylic acids is 1. The molecule has 0 saturated carbocycles. The second-order valence-electron chi connectivity index (χ2n) is 3.88. The number of hydrogen-bond donors (Lipinski definition) is 2. The van der Waals surface area contributed by atoms with Crippen molar-refractivity contribution in [2.24, 2.45) is 0 Å². The molecule has 2 rings (SSSR count). The molecular formula is C14H12N2O3S. The molecule has 0 fully saturated rings. The Bertz CT molecular complexity index is 803. The molecule has 0 spiro atoms. The van der Waals surface area contributed by atoms with Gasteiger partial charge in [0.25, 0.3) is 5.56 Å². The van der Waals surface area contributed by atoms with Gasteiger partial charge in [0.2, 0.25) is 0 Å². The summed E-state index contributed by atoms with van der Waals surface area (Å²) in [6.45, 7) is 0. The number of aromatic amines is 1. The van der Waals surface area contributed by atoms with Crippen LogP contribution in [0.1, 0.15) is 5.56 Å². The largest absolute Gasteiger partial charge is 0.466 e.